The fourth-order valence-corrected chi connectivity index (χ4v) is 2.28. The summed E-state index contributed by atoms with van der Waals surface area (Å²) in [6, 6.07) is 10.3. The van der Waals surface area contributed by atoms with Gasteiger partial charge < -0.3 is 15.4 Å². The highest BCUT2D eigenvalue weighted by Gasteiger charge is 2.26. The monoisotopic (exact) mass is 248 g/mol. The van der Waals surface area contributed by atoms with E-state index in [-0.39, 0.29) is 0 Å². The van der Waals surface area contributed by atoms with Crippen molar-refractivity contribution in [2.45, 2.75) is 19.8 Å². The van der Waals surface area contributed by atoms with Crippen LogP contribution in [0.5, 0.6) is 0 Å². The van der Waals surface area contributed by atoms with Crippen LogP contribution in [0.4, 0.5) is 5.69 Å². The van der Waals surface area contributed by atoms with Gasteiger partial charge in [-0.15, -0.1) is 0 Å². The molecule has 0 saturated carbocycles. The maximum absolute atomic E-state index is 5.41. The van der Waals surface area contributed by atoms with Crippen LogP contribution in [0.2, 0.25) is 0 Å². The number of hydrogen-bond donors (Lipinski definition) is 2. The third-order valence-electron chi connectivity index (χ3n) is 3.66. The number of para-hydroxylation sites is 1. The number of anilines is 1. The first-order valence-corrected chi connectivity index (χ1v) is 6.86. The van der Waals surface area contributed by atoms with Crippen LogP contribution in [0.25, 0.3) is 0 Å². The Morgan fingerprint density at radius 3 is 2.56 bits per heavy atom. The normalized spacial score (nSPS) is 18.5. The van der Waals surface area contributed by atoms with E-state index in [1.807, 2.05) is 6.07 Å². The topological polar surface area (TPSA) is 33.3 Å². The molecule has 2 rings (SSSR count). The van der Waals surface area contributed by atoms with Gasteiger partial charge in [0.2, 0.25) is 0 Å². The summed E-state index contributed by atoms with van der Waals surface area (Å²) in [6.07, 6.45) is 2.35. The predicted molar refractivity (Wildman–Crippen MR) is 76.0 cm³/mol. The summed E-state index contributed by atoms with van der Waals surface area (Å²) < 4.78 is 5.41. The fraction of sp³-hybridized carbons (Fsp3) is 0.600. The molecule has 0 unspecified atom stereocenters. The van der Waals surface area contributed by atoms with Gasteiger partial charge >= 0.3 is 0 Å². The molecule has 0 amide bonds. The zero-order chi connectivity index (χ0) is 12.7. The second kappa shape index (κ2) is 6.76. The maximum atomic E-state index is 5.41. The largest absolute Gasteiger partial charge is 0.384 e. The Balaban J connectivity index is 1.58. The Morgan fingerprint density at radius 2 is 1.83 bits per heavy atom. The molecule has 2 N–H and O–H groups in total. The lowest BCUT2D eigenvalue weighted by Crippen LogP contribution is -2.38. The van der Waals surface area contributed by atoms with E-state index < -0.39 is 0 Å². The molecule has 0 bridgehead atoms. The highest BCUT2D eigenvalue weighted by atomic mass is 16.5. The Kier molecular flexibility index (Phi) is 5.02. The zero-order valence-corrected chi connectivity index (χ0v) is 11.2. The molecule has 1 aliphatic rings. The van der Waals surface area contributed by atoms with Gasteiger partial charge in [0.25, 0.3) is 0 Å². The van der Waals surface area contributed by atoms with Crippen LogP contribution in [-0.2, 0) is 4.74 Å². The molecular weight excluding hydrogens is 224 g/mol. The Labute approximate surface area is 110 Å². The molecule has 1 saturated heterocycles. The summed E-state index contributed by atoms with van der Waals surface area (Å²) in [5, 5.41) is 6.96. The van der Waals surface area contributed by atoms with Crippen LogP contribution >= 0.6 is 0 Å². The van der Waals surface area contributed by atoms with Gasteiger partial charge in [-0.3, -0.25) is 0 Å². The molecule has 0 radical (unpaired) electrons. The zero-order valence-electron chi connectivity index (χ0n) is 11.2. The van der Waals surface area contributed by atoms with Crippen molar-refractivity contribution in [1.82, 2.24) is 5.32 Å². The van der Waals surface area contributed by atoms with Crippen molar-refractivity contribution < 1.29 is 4.74 Å². The molecule has 0 spiro atoms. The summed E-state index contributed by atoms with van der Waals surface area (Å²) in [4.78, 5) is 0. The van der Waals surface area contributed by atoms with Crippen molar-refractivity contribution in [2.24, 2.45) is 5.41 Å². The molecule has 1 aromatic rings. The first-order valence-electron chi connectivity index (χ1n) is 6.86. The third kappa shape index (κ3) is 4.31. The van der Waals surface area contributed by atoms with Gasteiger partial charge in [-0.25, -0.2) is 0 Å². The lowest BCUT2D eigenvalue weighted by atomic mass is 9.82. The van der Waals surface area contributed by atoms with Gasteiger partial charge in [-0.2, -0.15) is 0 Å². The van der Waals surface area contributed by atoms with Crippen LogP contribution in [0.3, 0.4) is 0 Å². The van der Waals surface area contributed by atoms with Crippen molar-refractivity contribution in [3.8, 4) is 0 Å². The average molecular weight is 248 g/mol. The highest BCUT2D eigenvalue weighted by molar-refractivity contribution is 5.42. The van der Waals surface area contributed by atoms with E-state index in [0.717, 1.165) is 32.8 Å². The van der Waals surface area contributed by atoms with Crippen molar-refractivity contribution in [3.05, 3.63) is 30.3 Å². The molecule has 1 heterocycles. The van der Waals surface area contributed by atoms with Crippen molar-refractivity contribution in [3.63, 3.8) is 0 Å². The summed E-state index contributed by atoms with van der Waals surface area (Å²) in [6.45, 7) is 7.25. The number of ether oxygens (including phenoxy) is 1. The first kappa shape index (κ1) is 13.4. The Bertz CT molecular complexity index is 334. The maximum Gasteiger partial charge on any atom is 0.0471 e. The van der Waals surface area contributed by atoms with Crippen LogP contribution in [-0.4, -0.2) is 32.8 Å². The minimum Gasteiger partial charge on any atom is -0.384 e. The Morgan fingerprint density at radius 1 is 1.11 bits per heavy atom. The van der Waals surface area contributed by atoms with E-state index in [1.54, 1.807) is 0 Å². The molecule has 1 fully saturated rings. The van der Waals surface area contributed by atoms with Crippen molar-refractivity contribution in [1.29, 1.82) is 0 Å². The molecule has 100 valence electrons. The fourth-order valence-electron chi connectivity index (χ4n) is 2.28. The third-order valence-corrected chi connectivity index (χ3v) is 3.66. The molecule has 0 atom stereocenters. The summed E-state index contributed by atoms with van der Waals surface area (Å²) in [7, 11) is 0. The number of benzene rings is 1. The van der Waals surface area contributed by atoms with E-state index in [4.69, 9.17) is 4.74 Å². The molecular formula is C15H24N2O. The van der Waals surface area contributed by atoms with Crippen molar-refractivity contribution >= 4 is 5.69 Å². The summed E-state index contributed by atoms with van der Waals surface area (Å²) in [5.74, 6) is 0. The van der Waals surface area contributed by atoms with Crippen LogP contribution in [0.15, 0.2) is 30.3 Å². The lowest BCUT2D eigenvalue weighted by molar-refractivity contribution is 0.0243. The average Bonchev–Trinajstić information content (AvgIpc) is 2.40. The predicted octanol–water partition coefficient (Wildman–Crippen LogP) is 2.50. The Hall–Kier alpha value is -1.06. The molecule has 3 heteroatoms. The second-order valence-corrected chi connectivity index (χ2v) is 5.39. The molecule has 0 aromatic heterocycles. The van der Waals surface area contributed by atoms with Gasteiger partial charge in [0.1, 0.15) is 0 Å². The highest BCUT2D eigenvalue weighted by Crippen LogP contribution is 2.28. The number of nitrogens with one attached hydrogen (secondary N) is 2. The molecule has 3 nitrogen and oxygen atoms in total. The van der Waals surface area contributed by atoms with Gasteiger partial charge in [0.05, 0.1) is 0 Å². The van der Waals surface area contributed by atoms with Gasteiger partial charge in [-0.05, 0) is 30.4 Å². The minimum atomic E-state index is 0.422. The van der Waals surface area contributed by atoms with Gasteiger partial charge in [-0.1, -0.05) is 25.1 Å². The number of rotatable bonds is 6. The van der Waals surface area contributed by atoms with Crippen LogP contribution in [0, 0.1) is 5.41 Å². The standard InChI is InChI=1S/C15H24N2O/c1-15(7-11-18-12-8-15)13-16-9-10-17-14-5-3-2-4-6-14/h2-6,16-17H,7-13H2,1H3. The SMILES string of the molecule is CC1(CNCCNc2ccccc2)CCOCC1. The van der Waals surface area contributed by atoms with Gasteiger partial charge in [0, 0.05) is 38.5 Å². The van der Waals surface area contributed by atoms with E-state index in [9.17, 15) is 0 Å². The molecule has 18 heavy (non-hydrogen) atoms. The van der Waals surface area contributed by atoms with Gasteiger partial charge in [0.15, 0.2) is 0 Å². The van der Waals surface area contributed by atoms with Crippen LogP contribution in [0.1, 0.15) is 19.8 Å². The first-order chi connectivity index (χ1) is 8.79. The summed E-state index contributed by atoms with van der Waals surface area (Å²) >= 11 is 0. The van der Waals surface area contributed by atoms with E-state index in [0.29, 0.717) is 5.41 Å². The van der Waals surface area contributed by atoms with E-state index >= 15 is 0 Å². The lowest BCUT2D eigenvalue weighted by Gasteiger charge is -2.33. The molecule has 1 aliphatic heterocycles. The smallest absolute Gasteiger partial charge is 0.0471 e. The second-order valence-electron chi connectivity index (χ2n) is 5.39. The molecule has 1 aromatic carbocycles. The van der Waals surface area contributed by atoms with E-state index in [2.05, 4.69) is 41.8 Å². The summed E-state index contributed by atoms with van der Waals surface area (Å²) in [5.41, 5.74) is 1.61. The van der Waals surface area contributed by atoms with Crippen molar-refractivity contribution in [2.75, 3.05) is 38.2 Å². The number of hydrogen-bond acceptors (Lipinski definition) is 3. The quantitative estimate of drug-likeness (QED) is 0.759. The van der Waals surface area contributed by atoms with E-state index in [1.165, 1.54) is 18.5 Å². The van der Waals surface area contributed by atoms with Crippen LogP contribution < -0.4 is 10.6 Å². The minimum absolute atomic E-state index is 0.422. The molecule has 0 aliphatic carbocycles.